The van der Waals surface area contributed by atoms with E-state index in [2.05, 4.69) is 15.7 Å². The summed E-state index contributed by atoms with van der Waals surface area (Å²) >= 11 is 0. The molecule has 0 aliphatic heterocycles. The average molecular weight is 406 g/mol. The Kier molecular flexibility index (Phi) is 5.38. The first kappa shape index (κ1) is 19.5. The predicted molar refractivity (Wildman–Crippen MR) is 109 cm³/mol. The van der Waals surface area contributed by atoms with E-state index in [0.29, 0.717) is 0 Å². The Morgan fingerprint density at radius 1 is 1.03 bits per heavy atom. The summed E-state index contributed by atoms with van der Waals surface area (Å²) in [6, 6.07) is 15.7. The van der Waals surface area contributed by atoms with Crippen LogP contribution in [0.5, 0.6) is 0 Å². The summed E-state index contributed by atoms with van der Waals surface area (Å²) in [5, 5.41) is 9.33. The van der Waals surface area contributed by atoms with Gasteiger partial charge in [0.1, 0.15) is 11.5 Å². The zero-order chi connectivity index (χ0) is 21.1. The summed E-state index contributed by atoms with van der Waals surface area (Å²) in [6.07, 6.45) is 1.86. The fraction of sp³-hybridized carbons (Fsp3) is 0.182. The molecule has 1 aliphatic carbocycles. The summed E-state index contributed by atoms with van der Waals surface area (Å²) in [6.45, 7) is 0.200. The predicted octanol–water partition coefficient (Wildman–Crippen LogP) is 2.58. The highest BCUT2D eigenvalue weighted by molar-refractivity contribution is 6.04. The van der Waals surface area contributed by atoms with E-state index in [-0.39, 0.29) is 41.0 Å². The Hall–Kier alpha value is -3.81. The minimum absolute atomic E-state index is 0.0437. The molecule has 7 nitrogen and oxygen atoms in total. The van der Waals surface area contributed by atoms with E-state index in [1.54, 1.807) is 0 Å². The van der Waals surface area contributed by atoms with Crippen molar-refractivity contribution in [2.24, 2.45) is 0 Å². The lowest BCUT2D eigenvalue weighted by atomic mass is 10.1. The van der Waals surface area contributed by atoms with Crippen LogP contribution >= 0.6 is 0 Å². The molecule has 8 heteroatoms. The van der Waals surface area contributed by atoms with Gasteiger partial charge in [-0.2, -0.15) is 5.10 Å². The smallest absolute Gasteiger partial charge is 0.276 e. The van der Waals surface area contributed by atoms with Gasteiger partial charge < -0.3 is 10.6 Å². The number of aromatic nitrogens is 2. The summed E-state index contributed by atoms with van der Waals surface area (Å²) in [7, 11) is 0. The first-order valence-corrected chi connectivity index (χ1v) is 9.53. The van der Waals surface area contributed by atoms with Crippen LogP contribution in [0.2, 0.25) is 0 Å². The number of benzene rings is 2. The van der Waals surface area contributed by atoms with Crippen molar-refractivity contribution in [3.05, 3.63) is 93.7 Å². The molecule has 2 amide bonds. The standard InChI is InChI=1S/C22H19FN4O3/c23-17-9-6-15(21(29)24-16-7-8-16)12-19(17)25-22(30)18-10-11-20(28)27(26-18)13-14-4-2-1-3-5-14/h1-6,9-12,16H,7-8,13H2,(H,24,29)(H,25,30). The number of carbonyl (C=O) groups excluding carboxylic acids is 2. The molecule has 0 atom stereocenters. The Morgan fingerprint density at radius 3 is 2.53 bits per heavy atom. The number of hydrogen-bond donors (Lipinski definition) is 2. The molecule has 4 rings (SSSR count). The molecule has 3 aromatic rings. The molecule has 2 aromatic carbocycles. The van der Waals surface area contributed by atoms with Gasteiger partial charge in [-0.05, 0) is 42.7 Å². The fourth-order valence-electron chi connectivity index (χ4n) is 2.88. The summed E-state index contributed by atoms with van der Waals surface area (Å²) in [5.41, 5.74) is 0.565. The van der Waals surface area contributed by atoms with Gasteiger partial charge in [-0.1, -0.05) is 30.3 Å². The molecule has 0 saturated heterocycles. The maximum absolute atomic E-state index is 14.2. The lowest BCUT2D eigenvalue weighted by Crippen LogP contribution is -2.27. The number of anilines is 1. The van der Waals surface area contributed by atoms with Crippen molar-refractivity contribution in [2.75, 3.05) is 5.32 Å². The van der Waals surface area contributed by atoms with Crippen molar-refractivity contribution < 1.29 is 14.0 Å². The highest BCUT2D eigenvalue weighted by atomic mass is 19.1. The van der Waals surface area contributed by atoms with E-state index < -0.39 is 11.7 Å². The number of nitrogens with zero attached hydrogens (tertiary/aromatic N) is 2. The second-order valence-corrected chi connectivity index (χ2v) is 7.10. The quantitative estimate of drug-likeness (QED) is 0.658. The molecular weight excluding hydrogens is 387 g/mol. The summed E-state index contributed by atoms with van der Waals surface area (Å²) < 4.78 is 15.4. The highest BCUT2D eigenvalue weighted by Crippen LogP contribution is 2.21. The molecule has 30 heavy (non-hydrogen) atoms. The second kappa shape index (κ2) is 8.28. The highest BCUT2D eigenvalue weighted by Gasteiger charge is 2.24. The van der Waals surface area contributed by atoms with Gasteiger partial charge in [0.25, 0.3) is 17.4 Å². The normalized spacial score (nSPS) is 13.0. The molecule has 0 radical (unpaired) electrons. The lowest BCUT2D eigenvalue weighted by molar-refractivity contribution is 0.0949. The number of amides is 2. The number of hydrogen-bond acceptors (Lipinski definition) is 4. The van der Waals surface area contributed by atoms with Gasteiger partial charge >= 0.3 is 0 Å². The first-order chi connectivity index (χ1) is 14.5. The Labute approximate surface area is 171 Å². The molecule has 0 spiro atoms. The number of halogens is 1. The van der Waals surface area contributed by atoms with E-state index in [4.69, 9.17) is 0 Å². The van der Waals surface area contributed by atoms with Crippen molar-refractivity contribution in [3.63, 3.8) is 0 Å². The Bertz CT molecular complexity index is 1160. The molecule has 1 heterocycles. The van der Waals surface area contributed by atoms with Crippen LogP contribution in [0.4, 0.5) is 10.1 Å². The van der Waals surface area contributed by atoms with Crippen LogP contribution in [0.15, 0.2) is 65.5 Å². The maximum atomic E-state index is 14.2. The molecule has 1 fully saturated rings. The van der Waals surface area contributed by atoms with Crippen molar-refractivity contribution in [1.82, 2.24) is 15.1 Å². The molecule has 1 aromatic heterocycles. The van der Waals surface area contributed by atoms with Gasteiger partial charge in [-0.3, -0.25) is 14.4 Å². The van der Waals surface area contributed by atoms with Gasteiger partial charge in [0.2, 0.25) is 0 Å². The zero-order valence-electron chi connectivity index (χ0n) is 16.0. The topological polar surface area (TPSA) is 93.1 Å². The van der Waals surface area contributed by atoms with Gasteiger partial charge in [-0.15, -0.1) is 0 Å². The third-order valence-corrected chi connectivity index (χ3v) is 4.66. The van der Waals surface area contributed by atoms with Crippen molar-refractivity contribution >= 4 is 17.5 Å². The molecule has 1 aliphatic rings. The monoisotopic (exact) mass is 406 g/mol. The third kappa shape index (κ3) is 4.60. The first-order valence-electron chi connectivity index (χ1n) is 9.53. The van der Waals surface area contributed by atoms with Crippen LogP contribution < -0.4 is 16.2 Å². The molecule has 1 saturated carbocycles. The summed E-state index contributed by atoms with van der Waals surface area (Å²) in [4.78, 5) is 36.9. The zero-order valence-corrected chi connectivity index (χ0v) is 16.0. The number of carbonyl (C=O) groups is 2. The molecule has 0 unspecified atom stereocenters. The molecular formula is C22H19FN4O3. The van der Waals surface area contributed by atoms with E-state index >= 15 is 0 Å². The molecule has 0 bridgehead atoms. The molecule has 152 valence electrons. The number of rotatable bonds is 6. The van der Waals surface area contributed by atoms with E-state index in [9.17, 15) is 18.8 Å². The van der Waals surface area contributed by atoms with Crippen LogP contribution in [0.1, 0.15) is 39.3 Å². The van der Waals surface area contributed by atoms with Crippen molar-refractivity contribution in [1.29, 1.82) is 0 Å². The maximum Gasteiger partial charge on any atom is 0.276 e. The van der Waals surface area contributed by atoms with Crippen LogP contribution in [-0.2, 0) is 6.54 Å². The lowest BCUT2D eigenvalue weighted by Gasteiger charge is -2.10. The Balaban J connectivity index is 1.53. The van der Waals surface area contributed by atoms with Crippen LogP contribution in [0.25, 0.3) is 0 Å². The largest absolute Gasteiger partial charge is 0.349 e. The van der Waals surface area contributed by atoms with Crippen molar-refractivity contribution in [2.45, 2.75) is 25.4 Å². The Morgan fingerprint density at radius 2 is 1.80 bits per heavy atom. The van der Waals surface area contributed by atoms with Gasteiger partial charge in [0, 0.05) is 17.7 Å². The van der Waals surface area contributed by atoms with Crippen molar-refractivity contribution in [3.8, 4) is 0 Å². The second-order valence-electron chi connectivity index (χ2n) is 7.10. The van der Waals surface area contributed by atoms with Gasteiger partial charge in [0.05, 0.1) is 12.2 Å². The van der Waals surface area contributed by atoms with E-state index in [0.717, 1.165) is 24.5 Å². The minimum atomic E-state index is -0.685. The van der Waals surface area contributed by atoms with E-state index in [1.165, 1.54) is 28.9 Å². The van der Waals surface area contributed by atoms with E-state index in [1.807, 2.05) is 30.3 Å². The number of nitrogens with one attached hydrogen (secondary N) is 2. The molecule has 2 N–H and O–H groups in total. The third-order valence-electron chi connectivity index (χ3n) is 4.66. The van der Waals surface area contributed by atoms with Gasteiger partial charge in [-0.25, -0.2) is 9.07 Å². The average Bonchev–Trinajstić information content (AvgIpc) is 3.56. The van der Waals surface area contributed by atoms with Gasteiger partial charge in [0.15, 0.2) is 0 Å². The van der Waals surface area contributed by atoms with Crippen LogP contribution in [0, 0.1) is 5.82 Å². The minimum Gasteiger partial charge on any atom is -0.349 e. The fourth-order valence-corrected chi connectivity index (χ4v) is 2.88. The summed E-state index contributed by atoms with van der Waals surface area (Å²) in [5.74, 6) is -1.68. The SMILES string of the molecule is O=C(NC1CC1)c1ccc(F)c(NC(=O)c2ccc(=O)n(Cc3ccccc3)n2)c1. The van der Waals surface area contributed by atoms with Crippen LogP contribution in [-0.4, -0.2) is 27.6 Å². The van der Waals surface area contributed by atoms with Crippen LogP contribution in [0.3, 0.4) is 0 Å².